The number of benzene rings is 1. The molecule has 1 rings (SSSR count). The van der Waals surface area contributed by atoms with E-state index in [0.717, 1.165) is 0 Å². The highest BCUT2D eigenvalue weighted by molar-refractivity contribution is 5.71. The molecule has 0 aliphatic heterocycles. The predicted octanol–water partition coefficient (Wildman–Crippen LogP) is 0.340. The third-order valence-corrected chi connectivity index (χ3v) is 0.667. The molecule has 0 radical (unpaired) electrons. The van der Waals surface area contributed by atoms with Crippen molar-refractivity contribution in [1.29, 1.82) is 5.41 Å². The Bertz CT molecular complexity index is 158. The van der Waals surface area contributed by atoms with Crippen LogP contribution in [0.15, 0.2) is 36.4 Å². The molecule has 4 heteroatoms. The van der Waals surface area contributed by atoms with E-state index in [1.807, 2.05) is 43.2 Å². The first-order valence-electron chi connectivity index (χ1n) is 3.12. The number of hydrogen-bond donors (Lipinski definition) is 3. The number of rotatable bonds is 0. The lowest BCUT2D eigenvalue weighted by molar-refractivity contribution is -0.0979. The summed E-state index contributed by atoms with van der Waals surface area (Å²) in [6, 6.07) is 12.0. The fourth-order valence-corrected chi connectivity index (χ4v) is 0.385. The second-order valence-corrected chi connectivity index (χ2v) is 1.61. The summed E-state index contributed by atoms with van der Waals surface area (Å²) in [7, 11) is 0. The van der Waals surface area contributed by atoms with Crippen LogP contribution in [0.3, 0.4) is 0 Å². The molecule has 5 N–H and O–H groups in total. The van der Waals surface area contributed by atoms with Gasteiger partial charge in [0.1, 0.15) is 6.79 Å². The number of carbonyl (C=O) groups is 1. The van der Waals surface area contributed by atoms with Gasteiger partial charge in [0.15, 0.2) is 5.96 Å². The van der Waals surface area contributed by atoms with Gasteiger partial charge in [-0.25, -0.2) is 0 Å². The third kappa shape index (κ3) is 24.2. The maximum atomic E-state index is 8.00. The highest BCUT2D eigenvalue weighted by Gasteiger charge is 1.57. The molecular weight excluding hydrogens is 154 g/mol. The average Bonchev–Trinajstić information content (AvgIpc) is 2.10. The van der Waals surface area contributed by atoms with Gasteiger partial charge in [0.2, 0.25) is 0 Å². The second kappa shape index (κ2) is 11.9. The Balaban J connectivity index is 0. The zero-order valence-electron chi connectivity index (χ0n) is 6.73. The van der Waals surface area contributed by atoms with Gasteiger partial charge < -0.3 is 16.3 Å². The van der Waals surface area contributed by atoms with Crippen molar-refractivity contribution in [3.05, 3.63) is 36.4 Å². The maximum absolute atomic E-state index is 8.00. The summed E-state index contributed by atoms with van der Waals surface area (Å²) >= 11 is 0. The average molecular weight is 167 g/mol. The van der Waals surface area contributed by atoms with Gasteiger partial charge in [-0.05, 0) is 0 Å². The smallest absolute Gasteiger partial charge is 0.183 e. The first-order chi connectivity index (χ1) is 5.73. The monoisotopic (exact) mass is 167 g/mol. The summed E-state index contributed by atoms with van der Waals surface area (Å²) in [4.78, 5) is 8.00. The zero-order chi connectivity index (χ0) is 9.82. The lowest BCUT2D eigenvalue weighted by Gasteiger charge is -1.69. The largest absolute Gasteiger partial charge is 0.370 e. The number of nitrogens with two attached hydrogens (primary N) is 2. The van der Waals surface area contributed by atoms with E-state index in [0.29, 0.717) is 0 Å². The summed E-state index contributed by atoms with van der Waals surface area (Å²) in [5, 5.41) is 6.06. The van der Waals surface area contributed by atoms with Crippen LogP contribution < -0.4 is 11.5 Å². The molecule has 4 nitrogen and oxygen atoms in total. The second-order valence-electron chi connectivity index (χ2n) is 1.61. The topological polar surface area (TPSA) is 93.0 Å². The molecule has 0 aliphatic carbocycles. The van der Waals surface area contributed by atoms with Gasteiger partial charge >= 0.3 is 0 Å². The van der Waals surface area contributed by atoms with Crippen molar-refractivity contribution in [1.82, 2.24) is 0 Å². The van der Waals surface area contributed by atoms with Crippen molar-refractivity contribution in [2.24, 2.45) is 11.5 Å². The summed E-state index contributed by atoms with van der Waals surface area (Å²) in [6.07, 6.45) is 0. The van der Waals surface area contributed by atoms with Crippen molar-refractivity contribution in [3.63, 3.8) is 0 Å². The van der Waals surface area contributed by atoms with Gasteiger partial charge in [0.25, 0.3) is 0 Å². The Hall–Kier alpha value is -1.84. The Morgan fingerprint density at radius 2 is 1.00 bits per heavy atom. The Morgan fingerprint density at radius 3 is 1.08 bits per heavy atom. The summed E-state index contributed by atoms with van der Waals surface area (Å²) in [6.45, 7) is 2.00. The van der Waals surface area contributed by atoms with Crippen LogP contribution >= 0.6 is 0 Å². The molecule has 0 aliphatic rings. The fourth-order valence-electron chi connectivity index (χ4n) is 0.385. The Morgan fingerprint density at radius 1 is 0.917 bits per heavy atom. The number of carbonyl (C=O) groups excluding carboxylic acids is 1. The quantitative estimate of drug-likeness (QED) is 0.384. The molecule has 1 aromatic carbocycles. The van der Waals surface area contributed by atoms with E-state index >= 15 is 0 Å². The fraction of sp³-hybridized carbons (Fsp3) is 0. The van der Waals surface area contributed by atoms with Gasteiger partial charge in [-0.1, -0.05) is 36.4 Å². The van der Waals surface area contributed by atoms with E-state index in [4.69, 9.17) is 10.2 Å². The van der Waals surface area contributed by atoms with Crippen molar-refractivity contribution in [2.75, 3.05) is 0 Å². The van der Waals surface area contributed by atoms with E-state index in [-0.39, 0.29) is 5.96 Å². The van der Waals surface area contributed by atoms with Crippen LogP contribution in [-0.2, 0) is 4.79 Å². The minimum atomic E-state index is -0.333. The summed E-state index contributed by atoms with van der Waals surface area (Å²) < 4.78 is 0. The Kier molecular flexibility index (Phi) is 12.7. The van der Waals surface area contributed by atoms with E-state index in [2.05, 4.69) is 11.5 Å². The van der Waals surface area contributed by atoms with Crippen LogP contribution in [0.1, 0.15) is 0 Å². The molecule has 66 valence electrons. The van der Waals surface area contributed by atoms with Crippen LogP contribution in [0.5, 0.6) is 0 Å². The molecular formula is C8H13N3O. The highest BCUT2D eigenvalue weighted by atomic mass is 16.1. The SMILES string of the molecule is C=O.N=C(N)N.c1ccccc1. The normalized spacial score (nSPS) is 6.33. The van der Waals surface area contributed by atoms with E-state index in [1.165, 1.54) is 0 Å². The van der Waals surface area contributed by atoms with Crippen LogP contribution in [0.25, 0.3) is 0 Å². The summed E-state index contributed by atoms with van der Waals surface area (Å²) in [5.41, 5.74) is 8.94. The van der Waals surface area contributed by atoms with Gasteiger partial charge in [0.05, 0.1) is 0 Å². The van der Waals surface area contributed by atoms with Crippen molar-refractivity contribution in [3.8, 4) is 0 Å². The van der Waals surface area contributed by atoms with Crippen LogP contribution in [-0.4, -0.2) is 12.7 Å². The molecule has 0 spiro atoms. The molecule has 0 aromatic heterocycles. The van der Waals surface area contributed by atoms with Crippen LogP contribution in [0.4, 0.5) is 0 Å². The van der Waals surface area contributed by atoms with Gasteiger partial charge in [0, 0.05) is 0 Å². The molecule has 1 aromatic rings. The molecule has 0 saturated carbocycles. The molecule has 0 fully saturated rings. The molecule has 0 bridgehead atoms. The number of nitrogens with one attached hydrogen (secondary N) is 1. The first kappa shape index (κ1) is 12.8. The zero-order valence-corrected chi connectivity index (χ0v) is 6.73. The molecule has 12 heavy (non-hydrogen) atoms. The minimum Gasteiger partial charge on any atom is -0.370 e. The maximum Gasteiger partial charge on any atom is 0.183 e. The van der Waals surface area contributed by atoms with Gasteiger partial charge in [-0.2, -0.15) is 0 Å². The van der Waals surface area contributed by atoms with E-state index in [1.54, 1.807) is 0 Å². The number of guanidine groups is 1. The van der Waals surface area contributed by atoms with Crippen molar-refractivity contribution in [2.45, 2.75) is 0 Å². The minimum absolute atomic E-state index is 0.333. The standard InChI is InChI=1S/C6H6.CH5N3.CH2O/c1-2-4-6-5-3-1;2-1(3)4;1-2/h1-6H;(H5,2,3,4);1H2. The number of hydrogen-bond acceptors (Lipinski definition) is 2. The van der Waals surface area contributed by atoms with Crippen molar-refractivity contribution < 1.29 is 4.79 Å². The lowest BCUT2D eigenvalue weighted by atomic mass is 10.4. The lowest BCUT2D eigenvalue weighted by Crippen LogP contribution is -2.20. The highest BCUT2D eigenvalue weighted by Crippen LogP contribution is 1.79. The van der Waals surface area contributed by atoms with Crippen LogP contribution in [0, 0.1) is 5.41 Å². The molecule has 0 amide bonds. The molecule has 0 atom stereocenters. The van der Waals surface area contributed by atoms with Gasteiger partial charge in [-0.3, -0.25) is 5.41 Å². The van der Waals surface area contributed by atoms with E-state index < -0.39 is 0 Å². The molecule has 0 unspecified atom stereocenters. The first-order valence-corrected chi connectivity index (χ1v) is 3.12. The van der Waals surface area contributed by atoms with Crippen molar-refractivity contribution >= 4 is 12.7 Å². The van der Waals surface area contributed by atoms with Gasteiger partial charge in [-0.15, -0.1) is 0 Å². The third-order valence-electron chi connectivity index (χ3n) is 0.667. The molecule has 0 saturated heterocycles. The Labute approximate surface area is 71.7 Å². The van der Waals surface area contributed by atoms with Crippen LogP contribution in [0.2, 0.25) is 0 Å². The summed E-state index contributed by atoms with van der Waals surface area (Å²) in [5.74, 6) is -0.333. The van der Waals surface area contributed by atoms with E-state index in [9.17, 15) is 0 Å². The predicted molar refractivity (Wildman–Crippen MR) is 49.7 cm³/mol. The molecule has 0 heterocycles.